The van der Waals surface area contributed by atoms with Gasteiger partial charge in [0.25, 0.3) is 5.56 Å². The SMILES string of the molecule is COc1ccc(-n2c(C(C)N(Cc3ccccc3)C(=O)Cc3ccccc3)nc3cc(Cl)ccc3c2=O)cc1. The van der Waals surface area contributed by atoms with Gasteiger partial charge in [0.2, 0.25) is 5.91 Å². The fourth-order valence-electron chi connectivity index (χ4n) is 4.67. The molecule has 1 aromatic heterocycles. The summed E-state index contributed by atoms with van der Waals surface area (Å²) in [5.74, 6) is 1.04. The van der Waals surface area contributed by atoms with E-state index >= 15 is 0 Å². The van der Waals surface area contributed by atoms with Crippen LogP contribution in [0, 0.1) is 0 Å². The average molecular weight is 538 g/mol. The van der Waals surface area contributed by atoms with Crippen LogP contribution in [0.25, 0.3) is 16.6 Å². The molecule has 7 heteroatoms. The summed E-state index contributed by atoms with van der Waals surface area (Å²) in [5.41, 5.74) is 2.77. The second kappa shape index (κ2) is 11.5. The van der Waals surface area contributed by atoms with Gasteiger partial charge in [-0.05, 0) is 60.5 Å². The van der Waals surface area contributed by atoms with Crippen molar-refractivity contribution in [3.63, 3.8) is 0 Å². The topological polar surface area (TPSA) is 64.4 Å². The average Bonchev–Trinajstić information content (AvgIpc) is 2.96. The highest BCUT2D eigenvalue weighted by Crippen LogP contribution is 2.27. The van der Waals surface area contributed by atoms with Gasteiger partial charge in [-0.2, -0.15) is 0 Å². The second-order valence-corrected chi connectivity index (χ2v) is 9.75. The summed E-state index contributed by atoms with van der Waals surface area (Å²) in [6.45, 7) is 2.27. The minimum Gasteiger partial charge on any atom is -0.497 e. The predicted octanol–water partition coefficient (Wildman–Crippen LogP) is 6.38. The molecule has 5 rings (SSSR count). The first kappa shape index (κ1) is 26.2. The van der Waals surface area contributed by atoms with Crippen LogP contribution in [0.2, 0.25) is 5.02 Å². The molecule has 0 N–H and O–H groups in total. The Labute approximate surface area is 232 Å². The van der Waals surface area contributed by atoms with Crippen LogP contribution < -0.4 is 10.3 Å². The number of halogens is 1. The minimum atomic E-state index is -0.542. The summed E-state index contributed by atoms with van der Waals surface area (Å²) < 4.78 is 6.90. The molecular formula is C32H28ClN3O3. The van der Waals surface area contributed by atoms with Gasteiger partial charge in [0.05, 0.1) is 36.2 Å². The standard InChI is InChI=1S/C32H28ClN3O3/c1-22(35(21-24-11-7-4-8-12-24)30(37)19-23-9-5-3-6-10-23)31-34-29-20-25(33)13-18-28(29)32(38)36(31)26-14-16-27(39-2)17-15-26/h3-18,20,22H,19,21H2,1-2H3. The molecule has 196 valence electrons. The third kappa shape index (κ3) is 5.71. The maximum atomic E-state index is 13.9. The van der Waals surface area contributed by atoms with Crippen molar-refractivity contribution in [3.8, 4) is 11.4 Å². The number of aromatic nitrogens is 2. The van der Waals surface area contributed by atoms with Gasteiger partial charge in [-0.3, -0.25) is 14.2 Å². The molecule has 1 atom stereocenters. The van der Waals surface area contributed by atoms with Crippen molar-refractivity contribution in [1.82, 2.24) is 14.5 Å². The lowest BCUT2D eigenvalue weighted by atomic mass is 10.1. The van der Waals surface area contributed by atoms with Gasteiger partial charge < -0.3 is 9.64 Å². The summed E-state index contributed by atoms with van der Waals surface area (Å²) in [6.07, 6.45) is 0.226. The highest BCUT2D eigenvalue weighted by molar-refractivity contribution is 6.31. The third-order valence-electron chi connectivity index (χ3n) is 6.74. The van der Waals surface area contributed by atoms with Crippen LogP contribution in [0.4, 0.5) is 0 Å². The van der Waals surface area contributed by atoms with E-state index in [1.165, 1.54) is 0 Å². The van der Waals surface area contributed by atoms with Crippen molar-refractivity contribution in [3.05, 3.63) is 135 Å². The maximum absolute atomic E-state index is 13.9. The number of hydrogen-bond donors (Lipinski definition) is 0. The Morgan fingerprint density at radius 3 is 2.21 bits per heavy atom. The van der Waals surface area contributed by atoms with Crippen LogP contribution >= 0.6 is 11.6 Å². The number of benzene rings is 4. The van der Waals surface area contributed by atoms with Crippen molar-refractivity contribution in [2.45, 2.75) is 25.9 Å². The van der Waals surface area contributed by atoms with Crippen LogP contribution in [0.15, 0.2) is 108 Å². The number of carbonyl (C=O) groups is 1. The fraction of sp³-hybridized carbons (Fsp3) is 0.156. The van der Waals surface area contributed by atoms with E-state index in [1.807, 2.05) is 79.7 Å². The van der Waals surface area contributed by atoms with Crippen LogP contribution in [0.1, 0.15) is 29.9 Å². The number of carbonyl (C=O) groups excluding carboxylic acids is 1. The van der Waals surface area contributed by atoms with Crippen molar-refractivity contribution in [2.75, 3.05) is 7.11 Å². The molecule has 1 amide bonds. The molecule has 0 radical (unpaired) electrons. The molecule has 1 unspecified atom stereocenters. The number of rotatable bonds is 8. The summed E-state index contributed by atoms with van der Waals surface area (Å²) in [7, 11) is 1.59. The molecule has 6 nitrogen and oxygen atoms in total. The molecule has 0 aliphatic heterocycles. The molecule has 39 heavy (non-hydrogen) atoms. The van der Waals surface area contributed by atoms with E-state index in [-0.39, 0.29) is 17.9 Å². The predicted molar refractivity (Wildman–Crippen MR) is 154 cm³/mol. The zero-order valence-electron chi connectivity index (χ0n) is 21.8. The third-order valence-corrected chi connectivity index (χ3v) is 6.98. The van der Waals surface area contributed by atoms with Gasteiger partial charge >= 0.3 is 0 Å². The van der Waals surface area contributed by atoms with E-state index in [1.54, 1.807) is 46.9 Å². The van der Waals surface area contributed by atoms with Gasteiger partial charge in [0.15, 0.2) is 0 Å². The van der Waals surface area contributed by atoms with E-state index < -0.39 is 6.04 Å². The molecule has 0 aliphatic rings. The van der Waals surface area contributed by atoms with Gasteiger partial charge in [-0.15, -0.1) is 0 Å². The van der Waals surface area contributed by atoms with Crippen molar-refractivity contribution < 1.29 is 9.53 Å². The smallest absolute Gasteiger partial charge is 0.266 e. The summed E-state index contributed by atoms with van der Waals surface area (Å²) in [6, 6.07) is 31.2. The van der Waals surface area contributed by atoms with Gasteiger partial charge in [-0.1, -0.05) is 72.3 Å². The molecule has 0 saturated heterocycles. The van der Waals surface area contributed by atoms with E-state index in [0.29, 0.717) is 39.7 Å². The first-order valence-corrected chi connectivity index (χ1v) is 13.1. The summed E-state index contributed by atoms with van der Waals surface area (Å²) in [5, 5.41) is 0.924. The molecular weight excluding hydrogens is 510 g/mol. The van der Waals surface area contributed by atoms with Gasteiger partial charge in [-0.25, -0.2) is 4.98 Å². The first-order chi connectivity index (χ1) is 18.9. The van der Waals surface area contributed by atoms with Crippen molar-refractivity contribution in [2.24, 2.45) is 0 Å². The molecule has 0 spiro atoms. The number of fused-ring (bicyclic) bond motifs is 1. The summed E-state index contributed by atoms with van der Waals surface area (Å²) >= 11 is 6.28. The minimum absolute atomic E-state index is 0.0701. The zero-order valence-corrected chi connectivity index (χ0v) is 22.5. The second-order valence-electron chi connectivity index (χ2n) is 9.32. The molecule has 0 aliphatic carbocycles. The Hall–Kier alpha value is -4.42. The lowest BCUT2D eigenvalue weighted by molar-refractivity contribution is -0.133. The number of methoxy groups -OCH3 is 1. The normalized spacial score (nSPS) is 11.8. The molecule has 4 aromatic carbocycles. The van der Waals surface area contributed by atoms with Crippen LogP contribution in [-0.4, -0.2) is 27.5 Å². The maximum Gasteiger partial charge on any atom is 0.266 e. The van der Waals surface area contributed by atoms with Crippen LogP contribution in [0.5, 0.6) is 5.75 Å². The largest absolute Gasteiger partial charge is 0.497 e. The van der Waals surface area contributed by atoms with Gasteiger partial charge in [0, 0.05) is 11.6 Å². The van der Waals surface area contributed by atoms with Crippen molar-refractivity contribution >= 4 is 28.4 Å². The Bertz CT molecular complexity index is 1650. The molecule has 0 fully saturated rings. The molecule has 5 aromatic rings. The Kier molecular flexibility index (Phi) is 7.75. The van der Waals surface area contributed by atoms with E-state index in [0.717, 1.165) is 11.1 Å². The van der Waals surface area contributed by atoms with E-state index in [2.05, 4.69) is 0 Å². The fourth-order valence-corrected chi connectivity index (χ4v) is 4.84. The van der Waals surface area contributed by atoms with Crippen molar-refractivity contribution in [1.29, 1.82) is 0 Å². The summed E-state index contributed by atoms with van der Waals surface area (Å²) in [4.78, 5) is 34.4. The number of nitrogens with zero attached hydrogens (tertiary/aromatic N) is 3. The number of ether oxygens (including phenoxy) is 1. The van der Waals surface area contributed by atoms with E-state index in [9.17, 15) is 9.59 Å². The van der Waals surface area contributed by atoms with Crippen LogP contribution in [-0.2, 0) is 17.8 Å². The lowest BCUT2D eigenvalue weighted by Crippen LogP contribution is -2.38. The Balaban J connectivity index is 1.66. The Morgan fingerprint density at radius 1 is 0.923 bits per heavy atom. The zero-order chi connectivity index (χ0) is 27.4. The van der Waals surface area contributed by atoms with E-state index in [4.69, 9.17) is 21.3 Å². The molecule has 0 bridgehead atoms. The molecule has 1 heterocycles. The van der Waals surface area contributed by atoms with Gasteiger partial charge in [0.1, 0.15) is 11.6 Å². The Morgan fingerprint density at radius 2 is 1.56 bits per heavy atom. The monoisotopic (exact) mass is 537 g/mol. The number of amides is 1. The van der Waals surface area contributed by atoms with Crippen LogP contribution in [0.3, 0.4) is 0 Å². The highest BCUT2D eigenvalue weighted by atomic mass is 35.5. The number of hydrogen-bond acceptors (Lipinski definition) is 4. The highest BCUT2D eigenvalue weighted by Gasteiger charge is 2.27. The molecule has 0 saturated carbocycles. The first-order valence-electron chi connectivity index (χ1n) is 12.7. The quantitative estimate of drug-likeness (QED) is 0.230. The lowest BCUT2D eigenvalue weighted by Gasteiger charge is -2.31.